The van der Waals surface area contributed by atoms with E-state index in [4.69, 9.17) is 32.7 Å². The number of rotatable bonds is 8. The van der Waals surface area contributed by atoms with E-state index in [2.05, 4.69) is 10.3 Å². The van der Waals surface area contributed by atoms with Gasteiger partial charge in [0, 0.05) is 29.4 Å². The van der Waals surface area contributed by atoms with E-state index in [0.717, 1.165) is 31.4 Å². The van der Waals surface area contributed by atoms with Crippen molar-refractivity contribution < 1.29 is 19.1 Å². The van der Waals surface area contributed by atoms with Crippen LogP contribution in [0.25, 0.3) is 17.1 Å². The number of ether oxygens (including phenoxy) is 2. The molecule has 4 rings (SSSR count). The molecule has 2 aromatic carbocycles. The fraction of sp³-hybridized carbons (Fsp3) is 0.346. The van der Waals surface area contributed by atoms with Gasteiger partial charge in [0.2, 0.25) is 0 Å². The zero-order chi connectivity index (χ0) is 24.8. The topological polar surface area (TPSA) is 82.5 Å². The van der Waals surface area contributed by atoms with Crippen LogP contribution >= 0.6 is 23.2 Å². The van der Waals surface area contributed by atoms with E-state index in [0.29, 0.717) is 28.0 Å². The molecule has 1 heterocycles. The number of nitrogens with zero attached hydrogens (tertiary/aromatic N) is 2. The summed E-state index contributed by atoms with van der Waals surface area (Å²) in [6, 6.07) is 14.5. The molecule has 1 saturated carbocycles. The van der Waals surface area contributed by atoms with E-state index in [1.807, 2.05) is 34.9 Å². The molecule has 3 aromatic rings. The Hall–Kier alpha value is -2.87. The van der Waals surface area contributed by atoms with E-state index >= 15 is 0 Å². The molecule has 0 radical (unpaired) electrons. The Bertz CT molecular complexity index is 1180. The molecule has 1 fully saturated rings. The van der Waals surface area contributed by atoms with Crippen molar-refractivity contribution >= 4 is 35.1 Å². The van der Waals surface area contributed by atoms with Crippen LogP contribution in [0.5, 0.6) is 0 Å². The smallest absolute Gasteiger partial charge is 0.302 e. The third-order valence-corrected chi connectivity index (χ3v) is 6.48. The average Bonchev–Trinajstić information content (AvgIpc) is 3.29. The van der Waals surface area contributed by atoms with Crippen LogP contribution < -0.4 is 5.32 Å². The molecule has 1 amide bonds. The maximum absolute atomic E-state index is 13.3. The Morgan fingerprint density at radius 3 is 2.54 bits per heavy atom. The summed E-state index contributed by atoms with van der Waals surface area (Å²) in [7, 11) is 0. The summed E-state index contributed by atoms with van der Waals surface area (Å²) in [5, 5.41) is 4.25. The number of nitrogens with one attached hydrogen (secondary N) is 1. The molecule has 0 saturated heterocycles. The Morgan fingerprint density at radius 2 is 1.80 bits per heavy atom. The second-order valence-corrected chi connectivity index (χ2v) is 9.23. The number of benzene rings is 2. The number of hydrogen-bond acceptors (Lipinski definition) is 5. The fourth-order valence-corrected chi connectivity index (χ4v) is 4.56. The number of esters is 1. The van der Waals surface area contributed by atoms with Gasteiger partial charge in [-0.1, -0.05) is 48.2 Å². The largest absolute Gasteiger partial charge is 0.463 e. The molecular weight excluding hydrogens is 489 g/mol. The first-order valence-corrected chi connectivity index (χ1v) is 12.3. The number of halogens is 2. The van der Waals surface area contributed by atoms with Gasteiger partial charge in [-0.2, -0.15) is 0 Å². The van der Waals surface area contributed by atoms with E-state index in [-0.39, 0.29) is 36.3 Å². The van der Waals surface area contributed by atoms with Gasteiger partial charge in [-0.15, -0.1) is 0 Å². The molecule has 0 aliphatic heterocycles. The summed E-state index contributed by atoms with van der Waals surface area (Å²) >= 11 is 12.5. The molecule has 184 valence electrons. The first kappa shape index (κ1) is 25.2. The Balaban J connectivity index is 1.56. The zero-order valence-corrected chi connectivity index (χ0v) is 20.9. The summed E-state index contributed by atoms with van der Waals surface area (Å²) in [4.78, 5) is 28.9. The molecular formula is C26H27Cl2N3O4. The van der Waals surface area contributed by atoms with Crippen molar-refractivity contribution in [3.8, 4) is 17.1 Å². The van der Waals surface area contributed by atoms with Gasteiger partial charge in [0.25, 0.3) is 5.91 Å². The SMILES string of the molecule is CC(=O)OCCO[C@@H]1CCCC[C@H]1NC(=O)c1cn(-c2ccc(Cl)cc2)c(-c2ccccc2Cl)n1. The minimum atomic E-state index is -0.340. The minimum absolute atomic E-state index is 0.148. The van der Waals surface area contributed by atoms with Gasteiger partial charge < -0.3 is 14.8 Å². The maximum atomic E-state index is 13.3. The number of amides is 1. The maximum Gasteiger partial charge on any atom is 0.302 e. The highest BCUT2D eigenvalue weighted by molar-refractivity contribution is 6.33. The Labute approximate surface area is 214 Å². The van der Waals surface area contributed by atoms with Crippen molar-refractivity contribution in [2.75, 3.05) is 13.2 Å². The van der Waals surface area contributed by atoms with Crippen molar-refractivity contribution in [1.29, 1.82) is 0 Å². The lowest BCUT2D eigenvalue weighted by Gasteiger charge is -2.31. The highest BCUT2D eigenvalue weighted by atomic mass is 35.5. The van der Waals surface area contributed by atoms with Gasteiger partial charge in [0.05, 0.1) is 23.8 Å². The minimum Gasteiger partial charge on any atom is -0.463 e. The third-order valence-electron chi connectivity index (χ3n) is 5.90. The Morgan fingerprint density at radius 1 is 1.06 bits per heavy atom. The summed E-state index contributed by atoms with van der Waals surface area (Å²) in [6.07, 6.45) is 5.21. The molecule has 2 atom stereocenters. The van der Waals surface area contributed by atoms with Gasteiger partial charge in [0.1, 0.15) is 18.1 Å². The van der Waals surface area contributed by atoms with Crippen LogP contribution in [-0.4, -0.2) is 46.8 Å². The lowest BCUT2D eigenvalue weighted by molar-refractivity contribution is -0.143. The third kappa shape index (κ3) is 6.42. The number of hydrogen-bond donors (Lipinski definition) is 1. The normalized spacial score (nSPS) is 17.7. The van der Waals surface area contributed by atoms with Crippen molar-refractivity contribution in [2.45, 2.75) is 44.8 Å². The standard InChI is InChI=1S/C26H27Cl2N3O4/c1-17(32)34-14-15-35-24-9-5-4-8-22(24)30-26(33)23-16-31(19-12-10-18(27)11-13-19)25(29-23)20-6-2-3-7-21(20)28/h2-3,6-7,10-13,16,22,24H,4-5,8-9,14-15H2,1H3,(H,30,33)/t22-,24-/m1/s1. The lowest BCUT2D eigenvalue weighted by atomic mass is 9.92. The highest BCUT2D eigenvalue weighted by Gasteiger charge is 2.29. The van der Waals surface area contributed by atoms with E-state index in [9.17, 15) is 9.59 Å². The number of carbonyl (C=O) groups excluding carboxylic acids is 2. The first-order valence-electron chi connectivity index (χ1n) is 11.6. The molecule has 9 heteroatoms. The second-order valence-electron chi connectivity index (χ2n) is 8.39. The quantitative estimate of drug-likeness (QED) is 0.317. The lowest BCUT2D eigenvalue weighted by Crippen LogP contribution is -2.46. The fourth-order valence-electron chi connectivity index (χ4n) is 4.21. The summed E-state index contributed by atoms with van der Waals surface area (Å²) in [5.41, 5.74) is 1.80. The number of carbonyl (C=O) groups is 2. The zero-order valence-electron chi connectivity index (χ0n) is 19.4. The number of aromatic nitrogens is 2. The van der Waals surface area contributed by atoms with Crippen LogP contribution in [0.2, 0.25) is 10.0 Å². The van der Waals surface area contributed by atoms with Crippen molar-refractivity contribution in [2.24, 2.45) is 0 Å². The molecule has 1 aliphatic carbocycles. The highest BCUT2D eigenvalue weighted by Crippen LogP contribution is 2.30. The predicted molar refractivity (Wildman–Crippen MR) is 135 cm³/mol. The monoisotopic (exact) mass is 515 g/mol. The molecule has 7 nitrogen and oxygen atoms in total. The molecule has 1 N–H and O–H groups in total. The first-order chi connectivity index (χ1) is 16.9. The molecule has 1 aromatic heterocycles. The van der Waals surface area contributed by atoms with E-state index in [1.54, 1.807) is 24.4 Å². The second kappa shape index (κ2) is 11.7. The van der Waals surface area contributed by atoms with Crippen LogP contribution in [0.4, 0.5) is 0 Å². The number of imidazole rings is 1. The van der Waals surface area contributed by atoms with E-state index < -0.39 is 0 Å². The van der Waals surface area contributed by atoms with Crippen LogP contribution in [0.1, 0.15) is 43.1 Å². The van der Waals surface area contributed by atoms with Crippen LogP contribution in [-0.2, 0) is 14.3 Å². The molecule has 1 aliphatic rings. The molecule has 0 unspecified atom stereocenters. The average molecular weight is 516 g/mol. The summed E-state index contributed by atoms with van der Waals surface area (Å²) in [6.45, 7) is 1.85. The molecule has 35 heavy (non-hydrogen) atoms. The van der Waals surface area contributed by atoms with Crippen LogP contribution in [0.15, 0.2) is 54.7 Å². The van der Waals surface area contributed by atoms with Crippen molar-refractivity contribution in [3.05, 3.63) is 70.5 Å². The van der Waals surface area contributed by atoms with Gasteiger partial charge in [-0.3, -0.25) is 14.2 Å². The van der Waals surface area contributed by atoms with Gasteiger partial charge >= 0.3 is 5.97 Å². The molecule has 0 spiro atoms. The van der Waals surface area contributed by atoms with Crippen LogP contribution in [0.3, 0.4) is 0 Å². The predicted octanol–water partition coefficient (Wildman–Crippen LogP) is 5.47. The Kier molecular flexibility index (Phi) is 8.44. The summed E-state index contributed by atoms with van der Waals surface area (Å²) < 4.78 is 12.7. The van der Waals surface area contributed by atoms with Gasteiger partial charge in [-0.25, -0.2) is 4.98 Å². The molecule has 0 bridgehead atoms. The van der Waals surface area contributed by atoms with E-state index in [1.165, 1.54) is 6.92 Å². The van der Waals surface area contributed by atoms with Crippen molar-refractivity contribution in [3.63, 3.8) is 0 Å². The summed E-state index contributed by atoms with van der Waals surface area (Å²) in [5.74, 6) is -0.0694. The van der Waals surface area contributed by atoms with Crippen molar-refractivity contribution in [1.82, 2.24) is 14.9 Å². The van der Waals surface area contributed by atoms with Gasteiger partial charge in [0.15, 0.2) is 0 Å². The van der Waals surface area contributed by atoms with Crippen LogP contribution in [0, 0.1) is 0 Å². The van der Waals surface area contributed by atoms with Gasteiger partial charge in [-0.05, 0) is 49.2 Å².